The van der Waals surface area contributed by atoms with Crippen LogP contribution in [0.1, 0.15) is 24.8 Å². The maximum absolute atomic E-state index is 11.3. The maximum atomic E-state index is 11.3. The number of methoxy groups -OCH3 is 1. The second kappa shape index (κ2) is 6.16. The van der Waals surface area contributed by atoms with E-state index in [4.69, 9.17) is 21.4 Å². The molecule has 1 saturated carbocycles. The molecule has 0 heterocycles. The molecule has 1 N–H and O–H groups in total. The fraction of sp³-hybridized carbons (Fsp3) is 0.500. The van der Waals surface area contributed by atoms with Crippen molar-refractivity contribution < 1.29 is 14.6 Å². The number of aliphatic hydroxyl groups is 1. The Hall–Kier alpha value is -0.710. The molecule has 1 aromatic rings. The normalized spacial score (nSPS) is 16.2. The third-order valence-electron chi connectivity index (χ3n) is 3.44. The molecule has 2 rings (SSSR count). The first kappa shape index (κ1) is 14.7. The van der Waals surface area contributed by atoms with E-state index in [0.717, 1.165) is 29.1 Å². The fourth-order valence-electron chi connectivity index (χ4n) is 1.91. The third kappa shape index (κ3) is 3.88. The molecule has 0 saturated heterocycles. The van der Waals surface area contributed by atoms with Crippen LogP contribution >= 0.6 is 23.4 Å². The summed E-state index contributed by atoms with van der Waals surface area (Å²) in [6, 6.07) is 5.66. The maximum Gasteiger partial charge on any atom is 0.306 e. The lowest BCUT2D eigenvalue weighted by Gasteiger charge is -2.13. The Bertz CT molecular complexity index is 472. The number of halogens is 1. The minimum Gasteiger partial charge on any atom is -0.469 e. The largest absolute Gasteiger partial charge is 0.469 e. The predicted octanol–water partition coefficient (Wildman–Crippen LogP) is 3.27. The number of rotatable bonds is 6. The zero-order valence-electron chi connectivity index (χ0n) is 10.8. The zero-order chi connectivity index (χ0) is 13.9. The summed E-state index contributed by atoms with van der Waals surface area (Å²) >= 11 is 7.76. The lowest BCUT2D eigenvalue weighted by molar-refractivity contribution is -0.141. The highest BCUT2D eigenvalue weighted by Crippen LogP contribution is 2.52. The topological polar surface area (TPSA) is 46.5 Å². The average Bonchev–Trinajstić information content (AvgIpc) is 3.16. The summed E-state index contributed by atoms with van der Waals surface area (Å²) in [4.78, 5) is 12.4. The first-order valence-corrected chi connectivity index (χ1v) is 7.54. The molecular formula is C14H17ClO3S. The third-order valence-corrected chi connectivity index (χ3v) is 5.14. The van der Waals surface area contributed by atoms with E-state index in [1.807, 2.05) is 18.2 Å². The van der Waals surface area contributed by atoms with E-state index in [1.54, 1.807) is 11.8 Å². The van der Waals surface area contributed by atoms with Gasteiger partial charge < -0.3 is 9.84 Å². The van der Waals surface area contributed by atoms with Gasteiger partial charge in [0.05, 0.1) is 20.1 Å². The Kier molecular flexibility index (Phi) is 4.76. The Morgan fingerprint density at radius 1 is 1.53 bits per heavy atom. The minimum atomic E-state index is -0.133. The van der Waals surface area contributed by atoms with Crippen molar-refractivity contribution in [2.45, 2.75) is 30.8 Å². The van der Waals surface area contributed by atoms with Gasteiger partial charge in [0, 0.05) is 15.7 Å². The minimum absolute atomic E-state index is 0.0456. The highest BCUT2D eigenvalue weighted by molar-refractivity contribution is 7.99. The molecule has 104 valence electrons. The van der Waals surface area contributed by atoms with Crippen LogP contribution in [0, 0.1) is 5.41 Å². The van der Waals surface area contributed by atoms with Gasteiger partial charge in [0.2, 0.25) is 0 Å². The van der Waals surface area contributed by atoms with Crippen molar-refractivity contribution in [1.29, 1.82) is 0 Å². The number of aliphatic hydroxyl groups excluding tert-OH is 1. The monoisotopic (exact) mass is 300 g/mol. The highest BCUT2D eigenvalue weighted by atomic mass is 35.5. The van der Waals surface area contributed by atoms with Crippen LogP contribution in [0.4, 0.5) is 0 Å². The van der Waals surface area contributed by atoms with E-state index in [2.05, 4.69) is 0 Å². The van der Waals surface area contributed by atoms with Gasteiger partial charge in [-0.25, -0.2) is 0 Å². The summed E-state index contributed by atoms with van der Waals surface area (Å²) < 4.78 is 4.73. The van der Waals surface area contributed by atoms with E-state index in [9.17, 15) is 4.79 Å². The summed E-state index contributed by atoms with van der Waals surface area (Å²) in [5.74, 6) is 0.767. The molecule has 5 heteroatoms. The molecule has 1 aromatic carbocycles. The quantitative estimate of drug-likeness (QED) is 0.647. The number of thioether (sulfide) groups is 1. The van der Waals surface area contributed by atoms with Crippen LogP contribution in [-0.2, 0) is 16.1 Å². The van der Waals surface area contributed by atoms with Crippen LogP contribution in [0.25, 0.3) is 0 Å². The zero-order valence-corrected chi connectivity index (χ0v) is 12.4. The molecule has 0 bridgehead atoms. The van der Waals surface area contributed by atoms with Gasteiger partial charge in [-0.15, -0.1) is 11.8 Å². The van der Waals surface area contributed by atoms with E-state index in [-0.39, 0.29) is 18.0 Å². The van der Waals surface area contributed by atoms with E-state index < -0.39 is 0 Å². The van der Waals surface area contributed by atoms with Crippen molar-refractivity contribution in [1.82, 2.24) is 0 Å². The first-order chi connectivity index (χ1) is 9.08. The lowest BCUT2D eigenvalue weighted by atomic mass is 10.1. The SMILES string of the molecule is COC(=O)CC1(CSc2ccc(CO)c(Cl)c2)CC1. The number of ether oxygens (including phenoxy) is 1. The summed E-state index contributed by atoms with van der Waals surface area (Å²) in [7, 11) is 1.43. The summed E-state index contributed by atoms with van der Waals surface area (Å²) in [5, 5.41) is 9.65. The van der Waals surface area contributed by atoms with Gasteiger partial charge in [0.15, 0.2) is 0 Å². The van der Waals surface area contributed by atoms with E-state index in [1.165, 1.54) is 7.11 Å². The number of carbonyl (C=O) groups is 1. The Labute approximate surface area is 122 Å². The van der Waals surface area contributed by atoms with Gasteiger partial charge in [-0.2, -0.15) is 0 Å². The molecule has 0 aromatic heterocycles. The number of benzene rings is 1. The molecule has 3 nitrogen and oxygen atoms in total. The van der Waals surface area contributed by atoms with Crippen LogP contribution in [0.3, 0.4) is 0 Å². The summed E-state index contributed by atoms with van der Waals surface area (Å²) in [5.41, 5.74) is 0.849. The second-order valence-electron chi connectivity index (χ2n) is 4.95. The standard InChI is InChI=1S/C14H17ClO3S/c1-18-13(17)7-14(4-5-14)9-19-11-3-2-10(8-16)12(15)6-11/h2-3,6,16H,4-5,7-9H2,1H3. The van der Waals surface area contributed by atoms with Gasteiger partial charge in [0.25, 0.3) is 0 Å². The first-order valence-electron chi connectivity index (χ1n) is 6.17. The molecule has 19 heavy (non-hydrogen) atoms. The lowest BCUT2D eigenvalue weighted by Crippen LogP contribution is -2.12. The smallest absolute Gasteiger partial charge is 0.306 e. The van der Waals surface area contributed by atoms with Crippen molar-refractivity contribution in [3.63, 3.8) is 0 Å². The Morgan fingerprint density at radius 3 is 2.79 bits per heavy atom. The number of hydrogen-bond donors (Lipinski definition) is 1. The molecular weight excluding hydrogens is 284 g/mol. The van der Waals surface area contributed by atoms with Crippen molar-refractivity contribution >= 4 is 29.3 Å². The van der Waals surface area contributed by atoms with Crippen LogP contribution < -0.4 is 0 Å². The molecule has 0 amide bonds. The molecule has 1 fully saturated rings. The molecule has 0 unspecified atom stereocenters. The number of carbonyl (C=O) groups excluding carboxylic acids is 1. The summed E-state index contributed by atoms with van der Waals surface area (Å²) in [6.45, 7) is -0.0456. The highest BCUT2D eigenvalue weighted by Gasteiger charge is 2.44. The summed E-state index contributed by atoms with van der Waals surface area (Å²) in [6.07, 6.45) is 2.66. The van der Waals surface area contributed by atoms with Crippen molar-refractivity contribution in [2.75, 3.05) is 12.9 Å². The number of hydrogen-bond acceptors (Lipinski definition) is 4. The van der Waals surface area contributed by atoms with Crippen molar-refractivity contribution in [3.05, 3.63) is 28.8 Å². The second-order valence-corrected chi connectivity index (χ2v) is 6.41. The van der Waals surface area contributed by atoms with Crippen LogP contribution in [0.2, 0.25) is 5.02 Å². The number of esters is 1. The van der Waals surface area contributed by atoms with Crippen molar-refractivity contribution in [3.8, 4) is 0 Å². The van der Waals surface area contributed by atoms with Crippen LogP contribution in [0.15, 0.2) is 23.1 Å². The van der Waals surface area contributed by atoms with Gasteiger partial charge in [-0.3, -0.25) is 4.79 Å². The van der Waals surface area contributed by atoms with Gasteiger partial charge in [-0.05, 0) is 36.0 Å². The molecule has 0 atom stereocenters. The van der Waals surface area contributed by atoms with E-state index in [0.29, 0.717) is 11.4 Å². The van der Waals surface area contributed by atoms with Crippen LogP contribution in [-0.4, -0.2) is 23.9 Å². The van der Waals surface area contributed by atoms with Crippen LogP contribution in [0.5, 0.6) is 0 Å². The van der Waals surface area contributed by atoms with E-state index >= 15 is 0 Å². The Morgan fingerprint density at radius 2 is 2.26 bits per heavy atom. The Balaban J connectivity index is 1.92. The molecule has 0 aliphatic heterocycles. The van der Waals surface area contributed by atoms with Gasteiger partial charge in [0.1, 0.15) is 0 Å². The molecule has 0 spiro atoms. The fourth-order valence-corrected chi connectivity index (χ4v) is 3.44. The molecule has 0 radical (unpaired) electrons. The van der Waals surface area contributed by atoms with Crippen molar-refractivity contribution in [2.24, 2.45) is 5.41 Å². The molecule has 1 aliphatic carbocycles. The predicted molar refractivity (Wildman–Crippen MR) is 76.4 cm³/mol. The van der Waals surface area contributed by atoms with Gasteiger partial charge >= 0.3 is 5.97 Å². The van der Waals surface area contributed by atoms with Gasteiger partial charge in [-0.1, -0.05) is 17.7 Å². The average molecular weight is 301 g/mol. The molecule has 1 aliphatic rings.